The Hall–Kier alpha value is -3.21. The molecule has 3 aromatic carbocycles. The van der Waals surface area contributed by atoms with Crippen molar-refractivity contribution >= 4 is 15.9 Å². The smallest absolute Gasteiger partial charge is 0.375 e. The third-order valence-corrected chi connectivity index (χ3v) is 8.67. The van der Waals surface area contributed by atoms with Crippen LogP contribution in [0.25, 0.3) is 0 Å². The summed E-state index contributed by atoms with van der Waals surface area (Å²) in [6.07, 6.45) is -3.88. The zero-order chi connectivity index (χ0) is 28.0. The van der Waals surface area contributed by atoms with Gasteiger partial charge in [-0.15, -0.1) is 0 Å². The van der Waals surface area contributed by atoms with Crippen molar-refractivity contribution in [2.24, 2.45) is 0 Å². The van der Waals surface area contributed by atoms with Crippen molar-refractivity contribution in [3.8, 4) is 0 Å². The Bertz CT molecular complexity index is 1350. The average Bonchev–Trinajstić information content (AvgIpc) is 3.11. The highest BCUT2D eigenvalue weighted by Crippen LogP contribution is 2.29. The lowest BCUT2D eigenvalue weighted by Gasteiger charge is -2.31. The monoisotopic (exact) mass is 560 g/mol. The van der Waals surface area contributed by atoms with Crippen LogP contribution >= 0.6 is 0 Å². The highest BCUT2D eigenvalue weighted by molar-refractivity contribution is 7.89. The molecule has 0 N–H and O–H groups in total. The van der Waals surface area contributed by atoms with Crippen LogP contribution in [0.15, 0.2) is 83.8 Å². The SMILES string of the molecule is Cc1ccc(S(=O)(=O)N2CCC(=O)N([C@H](COCc3ccc(C(F)(F)F)cc3)Cc3ccccc3)CC2)cc1. The van der Waals surface area contributed by atoms with Gasteiger partial charge < -0.3 is 9.64 Å². The first-order valence-corrected chi connectivity index (χ1v) is 14.1. The highest BCUT2D eigenvalue weighted by atomic mass is 32.2. The van der Waals surface area contributed by atoms with E-state index in [0.717, 1.165) is 23.3 Å². The van der Waals surface area contributed by atoms with Crippen molar-refractivity contribution < 1.29 is 31.1 Å². The van der Waals surface area contributed by atoms with Crippen LogP contribution in [0, 0.1) is 6.92 Å². The molecule has 10 heteroatoms. The van der Waals surface area contributed by atoms with Crippen LogP contribution in [-0.2, 0) is 38.8 Å². The van der Waals surface area contributed by atoms with E-state index in [1.165, 1.54) is 16.4 Å². The summed E-state index contributed by atoms with van der Waals surface area (Å²) < 4.78 is 72.3. The Morgan fingerprint density at radius 3 is 2.18 bits per heavy atom. The summed E-state index contributed by atoms with van der Waals surface area (Å²) in [5.74, 6) is -0.171. The lowest BCUT2D eigenvalue weighted by Crippen LogP contribution is -2.45. The molecule has 4 rings (SSSR count). The van der Waals surface area contributed by atoms with Gasteiger partial charge in [-0.2, -0.15) is 17.5 Å². The van der Waals surface area contributed by atoms with Crippen molar-refractivity contribution in [1.29, 1.82) is 0 Å². The number of carbonyl (C=O) groups excluding carboxylic acids is 1. The maximum absolute atomic E-state index is 13.2. The normalized spacial score (nSPS) is 16.2. The molecule has 0 unspecified atom stereocenters. The third kappa shape index (κ3) is 7.46. The van der Waals surface area contributed by atoms with E-state index in [2.05, 4.69) is 0 Å². The Kier molecular flexibility index (Phi) is 9.09. The molecule has 1 saturated heterocycles. The van der Waals surface area contributed by atoms with E-state index in [9.17, 15) is 26.4 Å². The minimum atomic E-state index is -4.41. The topological polar surface area (TPSA) is 66.9 Å². The number of hydrogen-bond donors (Lipinski definition) is 0. The quantitative estimate of drug-likeness (QED) is 0.367. The number of aryl methyl sites for hydroxylation is 1. The molecule has 1 atom stereocenters. The Morgan fingerprint density at radius 2 is 1.54 bits per heavy atom. The van der Waals surface area contributed by atoms with Gasteiger partial charge in [0.1, 0.15) is 0 Å². The average molecular weight is 561 g/mol. The molecule has 6 nitrogen and oxygen atoms in total. The lowest BCUT2D eigenvalue weighted by molar-refractivity contribution is -0.137. The molecule has 0 spiro atoms. The first-order valence-electron chi connectivity index (χ1n) is 12.7. The fourth-order valence-corrected chi connectivity index (χ4v) is 5.99. The van der Waals surface area contributed by atoms with Crippen LogP contribution in [0.3, 0.4) is 0 Å². The van der Waals surface area contributed by atoms with Crippen LogP contribution in [0.5, 0.6) is 0 Å². The second kappa shape index (κ2) is 12.3. The van der Waals surface area contributed by atoms with E-state index in [1.807, 2.05) is 37.3 Å². The number of benzene rings is 3. The molecule has 0 aromatic heterocycles. The van der Waals surface area contributed by atoms with E-state index in [0.29, 0.717) is 12.0 Å². The van der Waals surface area contributed by atoms with Crippen LogP contribution in [0.1, 0.15) is 28.7 Å². The number of carbonyl (C=O) groups is 1. The molecule has 0 aliphatic carbocycles. The van der Waals surface area contributed by atoms with Gasteiger partial charge in [-0.05, 0) is 48.7 Å². The number of alkyl halides is 3. The lowest BCUT2D eigenvalue weighted by atomic mass is 10.0. The number of hydrogen-bond acceptors (Lipinski definition) is 4. The first-order chi connectivity index (χ1) is 18.5. The molecule has 39 heavy (non-hydrogen) atoms. The molecule has 0 bridgehead atoms. The van der Waals surface area contributed by atoms with Gasteiger partial charge in [-0.25, -0.2) is 8.42 Å². The van der Waals surface area contributed by atoms with Gasteiger partial charge in [0.05, 0.1) is 29.7 Å². The largest absolute Gasteiger partial charge is 0.416 e. The summed E-state index contributed by atoms with van der Waals surface area (Å²) in [5.41, 5.74) is 1.79. The summed E-state index contributed by atoms with van der Waals surface area (Å²) in [6.45, 7) is 2.53. The van der Waals surface area contributed by atoms with E-state index in [-0.39, 0.29) is 56.1 Å². The first kappa shape index (κ1) is 28.8. The summed E-state index contributed by atoms with van der Waals surface area (Å²) in [6, 6.07) is 20.6. The maximum atomic E-state index is 13.2. The van der Waals surface area contributed by atoms with Gasteiger partial charge in [-0.1, -0.05) is 60.2 Å². The molecule has 1 amide bonds. The predicted molar refractivity (Wildman–Crippen MR) is 141 cm³/mol. The van der Waals surface area contributed by atoms with E-state index < -0.39 is 21.8 Å². The number of rotatable bonds is 9. The molecule has 1 aliphatic heterocycles. The molecule has 1 heterocycles. The fourth-order valence-electron chi connectivity index (χ4n) is 4.55. The Balaban J connectivity index is 1.47. The number of sulfonamides is 1. The van der Waals surface area contributed by atoms with Gasteiger partial charge >= 0.3 is 6.18 Å². The Labute approximate surface area is 227 Å². The van der Waals surface area contributed by atoms with Crippen molar-refractivity contribution in [1.82, 2.24) is 9.21 Å². The summed E-state index contributed by atoms with van der Waals surface area (Å²) >= 11 is 0. The number of ether oxygens (including phenoxy) is 1. The van der Waals surface area contributed by atoms with Gasteiger partial charge in [-0.3, -0.25) is 4.79 Å². The number of amides is 1. The standard InChI is InChI=1S/C29H31F3N2O4S/c1-22-7-13-27(14-8-22)39(36,37)33-16-15-28(35)34(18-17-33)26(19-23-5-3-2-4-6-23)21-38-20-24-9-11-25(12-10-24)29(30,31)32/h2-14,26H,15-21H2,1H3/t26-/m0/s1. The fraction of sp³-hybridized carbons (Fsp3) is 0.345. The van der Waals surface area contributed by atoms with Crippen molar-refractivity contribution in [2.45, 2.75) is 43.5 Å². The maximum Gasteiger partial charge on any atom is 0.416 e. The number of halogens is 3. The zero-order valence-electron chi connectivity index (χ0n) is 21.6. The molecular weight excluding hydrogens is 529 g/mol. The highest BCUT2D eigenvalue weighted by Gasteiger charge is 2.33. The molecule has 1 fully saturated rings. The van der Waals surface area contributed by atoms with E-state index in [4.69, 9.17) is 4.74 Å². The molecule has 0 saturated carbocycles. The molecule has 1 aliphatic rings. The van der Waals surface area contributed by atoms with Crippen LogP contribution in [0.4, 0.5) is 13.2 Å². The molecule has 0 radical (unpaired) electrons. The second-order valence-corrected chi connectivity index (χ2v) is 11.5. The van der Waals surface area contributed by atoms with Gasteiger partial charge in [0.15, 0.2) is 0 Å². The van der Waals surface area contributed by atoms with Crippen LogP contribution < -0.4 is 0 Å². The van der Waals surface area contributed by atoms with Crippen LogP contribution in [0.2, 0.25) is 0 Å². The summed E-state index contributed by atoms with van der Waals surface area (Å²) in [7, 11) is -3.76. The summed E-state index contributed by atoms with van der Waals surface area (Å²) in [4.78, 5) is 15.1. The minimum absolute atomic E-state index is 0.0370. The predicted octanol–water partition coefficient (Wildman–Crippen LogP) is 5.06. The molecule has 208 valence electrons. The minimum Gasteiger partial charge on any atom is -0.375 e. The number of nitrogens with zero attached hydrogens (tertiary/aromatic N) is 2. The molecular formula is C29H31F3N2O4S. The molecule has 3 aromatic rings. The third-order valence-electron chi connectivity index (χ3n) is 6.76. The van der Waals surface area contributed by atoms with E-state index in [1.54, 1.807) is 29.2 Å². The van der Waals surface area contributed by atoms with Gasteiger partial charge in [0, 0.05) is 26.1 Å². The van der Waals surface area contributed by atoms with Crippen LogP contribution in [-0.4, -0.2) is 55.8 Å². The van der Waals surface area contributed by atoms with Crippen molar-refractivity contribution in [2.75, 3.05) is 26.2 Å². The van der Waals surface area contributed by atoms with Gasteiger partial charge in [0.2, 0.25) is 15.9 Å². The second-order valence-electron chi connectivity index (χ2n) is 9.61. The van der Waals surface area contributed by atoms with Crippen molar-refractivity contribution in [3.05, 3.63) is 101 Å². The van der Waals surface area contributed by atoms with Crippen molar-refractivity contribution in [3.63, 3.8) is 0 Å². The zero-order valence-corrected chi connectivity index (χ0v) is 22.4. The van der Waals surface area contributed by atoms with Gasteiger partial charge in [0.25, 0.3) is 0 Å². The Morgan fingerprint density at radius 1 is 0.872 bits per heavy atom. The summed E-state index contributed by atoms with van der Waals surface area (Å²) in [5, 5.41) is 0. The van der Waals surface area contributed by atoms with E-state index >= 15 is 0 Å².